The number of para-hydroxylation sites is 1. The second kappa shape index (κ2) is 8.82. The van der Waals surface area contributed by atoms with E-state index in [1.807, 2.05) is 0 Å². The zero-order chi connectivity index (χ0) is 22.0. The minimum absolute atomic E-state index is 0.0674. The fourth-order valence-corrected chi connectivity index (χ4v) is 3.80. The maximum absolute atomic E-state index is 13.1. The predicted octanol–water partition coefficient (Wildman–Crippen LogP) is 1.16. The number of halogens is 1. The molecule has 160 valence electrons. The van der Waals surface area contributed by atoms with Gasteiger partial charge in [0.25, 0.3) is 11.8 Å². The van der Waals surface area contributed by atoms with Gasteiger partial charge < -0.3 is 20.7 Å². The van der Waals surface area contributed by atoms with Crippen molar-refractivity contribution in [3.8, 4) is 0 Å². The van der Waals surface area contributed by atoms with Crippen molar-refractivity contribution < 1.29 is 19.1 Å². The van der Waals surface area contributed by atoms with E-state index in [9.17, 15) is 14.4 Å². The largest absolute Gasteiger partial charge is 0.377 e. The molecule has 0 unspecified atom stereocenters. The van der Waals surface area contributed by atoms with Gasteiger partial charge in [0.1, 0.15) is 23.0 Å². The Bertz CT molecular complexity index is 1160. The van der Waals surface area contributed by atoms with Gasteiger partial charge in [-0.1, -0.05) is 24.3 Å². The second-order valence-corrected chi connectivity index (χ2v) is 7.71. The topological polar surface area (TPSA) is 132 Å². The predicted molar refractivity (Wildman–Crippen MR) is 115 cm³/mol. The van der Waals surface area contributed by atoms with Gasteiger partial charge in [-0.15, -0.1) is 0 Å². The lowest BCUT2D eigenvalue weighted by Gasteiger charge is -2.34. The number of hydrogen-bond donors (Lipinski definition) is 2. The minimum Gasteiger partial charge on any atom is -0.377 e. The molecule has 1 saturated heterocycles. The number of carbonyl (C=O) groups excluding carboxylic acids is 3. The molecule has 0 spiro atoms. The van der Waals surface area contributed by atoms with E-state index in [-0.39, 0.29) is 31.3 Å². The van der Waals surface area contributed by atoms with Gasteiger partial charge in [0.2, 0.25) is 5.91 Å². The van der Waals surface area contributed by atoms with Crippen molar-refractivity contribution in [3.05, 3.63) is 52.8 Å². The number of hydrogen-bond acceptors (Lipinski definition) is 6. The molecule has 3 N–H and O–H groups in total. The molecule has 3 amide bonds. The van der Waals surface area contributed by atoms with E-state index in [1.165, 1.54) is 9.58 Å². The van der Waals surface area contributed by atoms with Crippen LogP contribution in [-0.2, 0) is 20.9 Å². The lowest BCUT2D eigenvalue weighted by Crippen LogP contribution is -2.55. The van der Waals surface area contributed by atoms with Crippen LogP contribution in [0.3, 0.4) is 0 Å². The van der Waals surface area contributed by atoms with Gasteiger partial charge >= 0.3 is 0 Å². The number of rotatable bonds is 5. The number of amides is 3. The molecule has 3 heterocycles. The number of nitrogens with one attached hydrogen (secondary N) is 1. The third-order valence-corrected chi connectivity index (χ3v) is 5.34. The van der Waals surface area contributed by atoms with Crippen molar-refractivity contribution in [2.45, 2.75) is 12.6 Å². The highest BCUT2D eigenvalue weighted by Crippen LogP contribution is 2.19. The van der Waals surface area contributed by atoms with E-state index in [2.05, 4.69) is 31.3 Å². The number of anilines is 1. The quantitative estimate of drug-likeness (QED) is 0.519. The number of pyridine rings is 1. The lowest BCUT2D eigenvalue weighted by molar-refractivity contribution is -0.146. The van der Waals surface area contributed by atoms with E-state index >= 15 is 0 Å². The van der Waals surface area contributed by atoms with Gasteiger partial charge in [0, 0.05) is 11.9 Å². The van der Waals surface area contributed by atoms with Gasteiger partial charge in [0.15, 0.2) is 5.69 Å². The van der Waals surface area contributed by atoms with Gasteiger partial charge in [-0.2, -0.15) is 5.10 Å². The Labute approximate surface area is 185 Å². The summed E-state index contributed by atoms with van der Waals surface area (Å²) < 4.78 is 7.44. The lowest BCUT2D eigenvalue weighted by atomic mass is 10.2. The van der Waals surface area contributed by atoms with Crippen LogP contribution in [0.25, 0.3) is 10.9 Å². The highest BCUT2D eigenvalue weighted by Gasteiger charge is 2.33. The Kier molecular flexibility index (Phi) is 5.96. The van der Waals surface area contributed by atoms with Crippen LogP contribution in [0.2, 0.25) is 0 Å². The number of carbonyl (C=O) groups is 3. The fraction of sp³-hybridized carbons (Fsp3) is 0.250. The van der Waals surface area contributed by atoms with Crippen molar-refractivity contribution in [3.63, 3.8) is 0 Å². The van der Waals surface area contributed by atoms with E-state index in [0.29, 0.717) is 27.9 Å². The van der Waals surface area contributed by atoms with Crippen molar-refractivity contribution in [2.75, 3.05) is 25.1 Å². The van der Waals surface area contributed by atoms with Crippen LogP contribution in [0.15, 0.2) is 47.1 Å². The normalized spacial score (nSPS) is 16.3. The van der Waals surface area contributed by atoms with Gasteiger partial charge in [-0.3, -0.25) is 19.1 Å². The van der Waals surface area contributed by atoms with Crippen LogP contribution in [0, 0.1) is 0 Å². The van der Waals surface area contributed by atoms with E-state index in [4.69, 9.17) is 10.5 Å². The molecule has 0 aliphatic carbocycles. The standard InChI is InChI=1S/C20H19BrN6O4/c21-15-6-3-7-16(23-15)24-20(30)14-11-31-9-8-26(14)17(28)10-27-13-5-2-1-4-12(13)18(25-27)19(22)29/h1-7,14H,8-11H2,(H2,22,29)(H,23,24,30)/t14-/m0/s1. The first-order valence-electron chi connectivity index (χ1n) is 9.50. The number of primary amides is 1. The van der Waals surface area contributed by atoms with Crippen molar-refractivity contribution in [1.29, 1.82) is 0 Å². The third kappa shape index (κ3) is 4.42. The zero-order valence-electron chi connectivity index (χ0n) is 16.3. The summed E-state index contributed by atoms with van der Waals surface area (Å²) in [7, 11) is 0. The average molecular weight is 487 g/mol. The third-order valence-electron chi connectivity index (χ3n) is 4.89. The molecule has 3 aromatic rings. The maximum Gasteiger partial charge on any atom is 0.269 e. The Hall–Kier alpha value is -3.31. The van der Waals surface area contributed by atoms with Crippen molar-refractivity contribution in [1.82, 2.24) is 19.7 Å². The minimum atomic E-state index is -0.820. The molecule has 10 nitrogen and oxygen atoms in total. The number of nitrogens with zero attached hydrogens (tertiary/aromatic N) is 4. The first kappa shape index (κ1) is 20.9. The summed E-state index contributed by atoms with van der Waals surface area (Å²) in [6.45, 7) is 0.492. The zero-order valence-corrected chi connectivity index (χ0v) is 17.9. The summed E-state index contributed by atoms with van der Waals surface area (Å²) in [4.78, 5) is 43.3. The molecule has 1 aromatic carbocycles. The molecule has 0 bridgehead atoms. The average Bonchev–Trinajstić information content (AvgIpc) is 3.12. The van der Waals surface area contributed by atoms with Crippen LogP contribution in [0.1, 0.15) is 10.5 Å². The SMILES string of the molecule is NC(=O)c1nn(CC(=O)N2CCOC[C@H]2C(=O)Nc2cccc(Br)n2)c2ccccc12. The van der Waals surface area contributed by atoms with Crippen LogP contribution in [0.4, 0.5) is 5.82 Å². The molecular weight excluding hydrogens is 468 g/mol. The summed E-state index contributed by atoms with van der Waals surface area (Å²) in [5.74, 6) is -1.04. The van der Waals surface area contributed by atoms with Gasteiger partial charge in [-0.25, -0.2) is 4.98 Å². The molecular formula is C20H19BrN6O4. The first-order valence-corrected chi connectivity index (χ1v) is 10.3. The molecule has 1 aliphatic rings. The van der Waals surface area contributed by atoms with Gasteiger partial charge in [0.05, 0.1) is 18.7 Å². The molecule has 2 aromatic heterocycles. The highest BCUT2D eigenvalue weighted by molar-refractivity contribution is 9.10. The van der Waals surface area contributed by atoms with Crippen molar-refractivity contribution in [2.24, 2.45) is 5.73 Å². The van der Waals surface area contributed by atoms with Crippen LogP contribution in [-0.4, -0.2) is 63.2 Å². The van der Waals surface area contributed by atoms with E-state index < -0.39 is 17.9 Å². The van der Waals surface area contributed by atoms with E-state index in [1.54, 1.807) is 42.5 Å². The van der Waals surface area contributed by atoms with Crippen molar-refractivity contribution >= 4 is 50.4 Å². The highest BCUT2D eigenvalue weighted by atomic mass is 79.9. The van der Waals surface area contributed by atoms with Gasteiger partial charge in [-0.05, 0) is 34.1 Å². The molecule has 1 aliphatic heterocycles. The molecule has 0 radical (unpaired) electrons. The second-order valence-electron chi connectivity index (χ2n) is 6.90. The van der Waals surface area contributed by atoms with Crippen LogP contribution >= 0.6 is 15.9 Å². The fourth-order valence-electron chi connectivity index (χ4n) is 3.46. The summed E-state index contributed by atoms with van der Waals surface area (Å²) in [5.41, 5.74) is 6.13. The summed E-state index contributed by atoms with van der Waals surface area (Å²) in [5, 5.41) is 7.50. The summed E-state index contributed by atoms with van der Waals surface area (Å²) >= 11 is 3.26. The number of benzene rings is 1. The van der Waals surface area contributed by atoms with Crippen LogP contribution < -0.4 is 11.1 Å². The number of fused-ring (bicyclic) bond motifs is 1. The Morgan fingerprint density at radius 1 is 1.19 bits per heavy atom. The van der Waals surface area contributed by atoms with E-state index in [0.717, 1.165) is 0 Å². The number of morpholine rings is 1. The Morgan fingerprint density at radius 2 is 2.00 bits per heavy atom. The maximum atomic E-state index is 13.1. The molecule has 0 saturated carbocycles. The smallest absolute Gasteiger partial charge is 0.269 e. The summed E-state index contributed by atoms with van der Waals surface area (Å²) in [6.07, 6.45) is 0. The summed E-state index contributed by atoms with van der Waals surface area (Å²) in [6, 6.07) is 11.3. The molecule has 1 fully saturated rings. The monoisotopic (exact) mass is 486 g/mol. The molecule has 31 heavy (non-hydrogen) atoms. The number of aromatic nitrogens is 3. The molecule has 11 heteroatoms. The Balaban J connectivity index is 1.55. The first-order chi connectivity index (χ1) is 14.9. The van der Waals surface area contributed by atoms with Crippen LogP contribution in [0.5, 0.6) is 0 Å². The number of nitrogens with two attached hydrogens (primary N) is 1. The molecule has 1 atom stereocenters. The molecule has 4 rings (SSSR count). The Morgan fingerprint density at radius 3 is 2.77 bits per heavy atom. The number of ether oxygens (including phenoxy) is 1.